The third-order valence-corrected chi connectivity index (χ3v) is 19.7. The van der Waals surface area contributed by atoms with Crippen molar-refractivity contribution in [3.63, 3.8) is 0 Å². The third kappa shape index (κ3) is 10.0. The van der Waals surface area contributed by atoms with Gasteiger partial charge in [0, 0.05) is 18.8 Å². The van der Waals surface area contributed by atoms with E-state index in [2.05, 4.69) is 120 Å². The molecule has 2 rings (SSSR count). The van der Waals surface area contributed by atoms with Crippen LogP contribution in [0, 0.1) is 17.8 Å². The van der Waals surface area contributed by atoms with Crippen molar-refractivity contribution in [2.24, 2.45) is 17.8 Å². The molecule has 1 spiro atoms. The lowest BCUT2D eigenvalue weighted by Gasteiger charge is -2.50. The molecular formula is C35H66O4Si2. The van der Waals surface area contributed by atoms with Gasteiger partial charge in [-0.1, -0.05) is 92.2 Å². The summed E-state index contributed by atoms with van der Waals surface area (Å²) in [6.45, 7) is 36.8. The van der Waals surface area contributed by atoms with Crippen LogP contribution in [0.3, 0.4) is 0 Å². The Balaban J connectivity index is 2.08. The van der Waals surface area contributed by atoms with Crippen molar-refractivity contribution in [1.82, 2.24) is 0 Å². The molecule has 0 unspecified atom stereocenters. The van der Waals surface area contributed by atoms with E-state index in [9.17, 15) is 0 Å². The Kier molecular flexibility index (Phi) is 12.6. The first-order valence-electron chi connectivity index (χ1n) is 16.3. The molecule has 2 aliphatic heterocycles. The molecular weight excluding hydrogens is 541 g/mol. The maximum atomic E-state index is 6.87. The van der Waals surface area contributed by atoms with Gasteiger partial charge in [-0.15, -0.1) is 6.58 Å². The molecule has 0 radical (unpaired) electrons. The van der Waals surface area contributed by atoms with Crippen molar-refractivity contribution in [3.05, 3.63) is 36.5 Å². The molecule has 2 heterocycles. The van der Waals surface area contributed by atoms with E-state index in [4.69, 9.17) is 18.3 Å². The van der Waals surface area contributed by atoms with Crippen molar-refractivity contribution in [3.8, 4) is 0 Å². The summed E-state index contributed by atoms with van der Waals surface area (Å²) in [7, 11) is -3.72. The Hall–Kier alpha value is -0.506. The lowest BCUT2D eigenvalue weighted by molar-refractivity contribution is -0.333. The minimum atomic E-state index is -1.89. The second-order valence-corrected chi connectivity index (χ2v) is 25.9. The summed E-state index contributed by atoms with van der Waals surface area (Å²) in [4.78, 5) is 0. The van der Waals surface area contributed by atoms with Gasteiger partial charge in [-0.3, -0.25) is 0 Å². The van der Waals surface area contributed by atoms with E-state index in [0.29, 0.717) is 18.4 Å². The topological polar surface area (TPSA) is 36.9 Å². The van der Waals surface area contributed by atoms with Crippen molar-refractivity contribution in [2.45, 2.75) is 162 Å². The highest BCUT2D eigenvalue weighted by molar-refractivity contribution is 6.74. The molecule has 0 N–H and O–H groups in total. The molecule has 0 aliphatic carbocycles. The van der Waals surface area contributed by atoms with Gasteiger partial charge in [0.2, 0.25) is 0 Å². The van der Waals surface area contributed by atoms with E-state index in [1.807, 2.05) is 6.08 Å². The fraction of sp³-hybridized carbons (Fsp3) is 0.829. The Morgan fingerprint density at radius 1 is 0.927 bits per heavy atom. The second-order valence-electron chi connectivity index (χ2n) is 16.3. The summed E-state index contributed by atoms with van der Waals surface area (Å²) in [5.74, 6) is 0.783. The van der Waals surface area contributed by atoms with Gasteiger partial charge in [-0.2, -0.15) is 0 Å². The standard InChI is InChI=1S/C35H66O4Si2/c1-16-27(3)31(39-41(14,15)34(9,10)11)20-18-26(2)17-19-30-28(4)21-23-35(37-30)24-22-29(5)32(38-35)25-36-40(12,13)33(6,7)8/h16-18,20,27-32H,1,19,21-25H2,2-15H3/b20-18+,26-17+/t27-,28-,29-,30+,31-,32-,35-/m0/s1. The highest BCUT2D eigenvalue weighted by Gasteiger charge is 2.47. The molecule has 7 atom stereocenters. The first-order valence-corrected chi connectivity index (χ1v) is 22.1. The van der Waals surface area contributed by atoms with E-state index in [1.165, 1.54) is 5.57 Å². The molecule has 2 saturated heterocycles. The molecule has 4 nitrogen and oxygen atoms in total. The van der Waals surface area contributed by atoms with Crippen LogP contribution in [0.25, 0.3) is 0 Å². The molecule has 0 aromatic heterocycles. The fourth-order valence-corrected chi connectivity index (χ4v) is 7.36. The normalized spacial score (nSPS) is 30.5. The fourth-order valence-electron chi connectivity index (χ4n) is 5.01. The maximum absolute atomic E-state index is 6.87. The zero-order valence-corrected chi connectivity index (χ0v) is 31.4. The summed E-state index contributed by atoms with van der Waals surface area (Å²) in [5, 5.41) is 0.369. The van der Waals surface area contributed by atoms with Crippen LogP contribution in [0.2, 0.25) is 36.3 Å². The second kappa shape index (κ2) is 14.1. The van der Waals surface area contributed by atoms with Gasteiger partial charge in [0.1, 0.15) is 0 Å². The van der Waals surface area contributed by atoms with Crippen molar-refractivity contribution >= 4 is 16.6 Å². The average molecular weight is 607 g/mol. The van der Waals surface area contributed by atoms with E-state index >= 15 is 0 Å². The molecule has 0 aromatic carbocycles. The number of allylic oxidation sites excluding steroid dienone is 2. The first kappa shape index (κ1) is 36.7. The lowest BCUT2D eigenvalue weighted by Crippen LogP contribution is -2.54. The summed E-state index contributed by atoms with van der Waals surface area (Å²) in [6, 6.07) is 0. The van der Waals surface area contributed by atoms with Crippen LogP contribution in [0.15, 0.2) is 36.5 Å². The van der Waals surface area contributed by atoms with E-state index in [-0.39, 0.29) is 34.3 Å². The van der Waals surface area contributed by atoms with Gasteiger partial charge in [0.25, 0.3) is 0 Å². The minimum absolute atomic E-state index is 0.0352. The van der Waals surface area contributed by atoms with E-state index in [0.717, 1.165) is 32.1 Å². The van der Waals surface area contributed by atoms with Gasteiger partial charge < -0.3 is 18.3 Å². The highest BCUT2D eigenvalue weighted by Crippen LogP contribution is 2.44. The molecule has 41 heavy (non-hydrogen) atoms. The summed E-state index contributed by atoms with van der Waals surface area (Å²) < 4.78 is 27.1. The lowest BCUT2D eigenvalue weighted by atomic mass is 9.84. The van der Waals surface area contributed by atoms with Gasteiger partial charge in [0.05, 0.1) is 24.9 Å². The number of rotatable bonds is 11. The van der Waals surface area contributed by atoms with Crippen LogP contribution in [0.5, 0.6) is 0 Å². The summed E-state index contributed by atoms with van der Waals surface area (Å²) in [6.07, 6.45) is 14.2. The quantitative estimate of drug-likeness (QED) is 0.133. The van der Waals surface area contributed by atoms with E-state index in [1.54, 1.807) is 0 Å². The van der Waals surface area contributed by atoms with Crippen LogP contribution >= 0.6 is 0 Å². The van der Waals surface area contributed by atoms with Gasteiger partial charge in [0.15, 0.2) is 22.4 Å². The largest absolute Gasteiger partial charge is 0.414 e. The molecule has 6 heteroatoms. The number of hydrogen-bond donors (Lipinski definition) is 0. The van der Waals surface area contributed by atoms with Crippen molar-refractivity contribution in [1.29, 1.82) is 0 Å². The molecule has 0 saturated carbocycles. The monoisotopic (exact) mass is 606 g/mol. The average Bonchev–Trinajstić information content (AvgIpc) is 2.86. The number of hydrogen-bond acceptors (Lipinski definition) is 4. The Morgan fingerprint density at radius 2 is 1.44 bits per heavy atom. The molecule has 238 valence electrons. The van der Waals surface area contributed by atoms with E-state index < -0.39 is 22.4 Å². The maximum Gasteiger partial charge on any atom is 0.192 e. The van der Waals surface area contributed by atoms with Crippen LogP contribution in [-0.2, 0) is 18.3 Å². The predicted molar refractivity (Wildman–Crippen MR) is 181 cm³/mol. The third-order valence-electron chi connectivity index (χ3n) is 10.7. The molecule has 0 aromatic rings. The zero-order chi connectivity index (χ0) is 31.4. The molecule has 2 aliphatic rings. The Labute approximate surface area is 257 Å². The summed E-state index contributed by atoms with van der Waals surface area (Å²) >= 11 is 0. The zero-order valence-electron chi connectivity index (χ0n) is 29.4. The van der Waals surface area contributed by atoms with Crippen LogP contribution in [-0.4, -0.2) is 47.3 Å². The van der Waals surface area contributed by atoms with Gasteiger partial charge in [-0.05, 0) is 74.3 Å². The first-order chi connectivity index (χ1) is 18.6. The Bertz CT molecular complexity index is 906. The molecule has 0 bridgehead atoms. The van der Waals surface area contributed by atoms with Crippen LogP contribution in [0.4, 0.5) is 0 Å². The Morgan fingerprint density at radius 3 is 1.95 bits per heavy atom. The minimum Gasteiger partial charge on any atom is -0.414 e. The smallest absolute Gasteiger partial charge is 0.192 e. The van der Waals surface area contributed by atoms with Crippen molar-refractivity contribution in [2.75, 3.05) is 6.61 Å². The highest BCUT2D eigenvalue weighted by atomic mass is 28.4. The predicted octanol–water partition coefficient (Wildman–Crippen LogP) is 10.4. The number of ether oxygens (including phenoxy) is 2. The van der Waals surface area contributed by atoms with Crippen LogP contribution in [0.1, 0.15) is 101 Å². The summed E-state index contributed by atoms with van der Waals surface area (Å²) in [5.41, 5.74) is 1.25. The van der Waals surface area contributed by atoms with Gasteiger partial charge in [-0.25, -0.2) is 0 Å². The van der Waals surface area contributed by atoms with Crippen LogP contribution < -0.4 is 0 Å². The van der Waals surface area contributed by atoms with Gasteiger partial charge >= 0.3 is 0 Å². The molecule has 2 fully saturated rings. The molecule has 0 amide bonds. The SMILES string of the molecule is C=C[C@H](C)[C@H](/C=C/C(C)=C/C[C@H]1O[C@@]2(CC[C@H](C)[C@H](CO[Si](C)(C)C(C)(C)C)O2)CC[C@@H]1C)O[Si](C)(C)C(C)(C)C. The van der Waals surface area contributed by atoms with Crippen molar-refractivity contribution < 1.29 is 18.3 Å².